The lowest BCUT2D eigenvalue weighted by Crippen LogP contribution is -2.25. The Bertz CT molecular complexity index is 1070. The number of rotatable bonds is 5. The summed E-state index contributed by atoms with van der Waals surface area (Å²) in [4.78, 5) is 6.97. The van der Waals surface area contributed by atoms with Crippen molar-refractivity contribution in [1.82, 2.24) is 9.88 Å². The normalized spacial score (nSPS) is 13.6. The molecule has 0 unspecified atom stereocenters. The molecule has 1 aliphatic rings. The summed E-state index contributed by atoms with van der Waals surface area (Å²) in [5.41, 5.74) is 6.10. The molecule has 2 heterocycles. The number of benzene rings is 2. The van der Waals surface area contributed by atoms with Gasteiger partial charge in [0.25, 0.3) is 0 Å². The van der Waals surface area contributed by atoms with Crippen LogP contribution in [0.2, 0.25) is 5.02 Å². The zero-order valence-corrected chi connectivity index (χ0v) is 18.9. The number of likely N-dealkylation sites (tertiary alicyclic amines) is 1. The van der Waals surface area contributed by atoms with E-state index in [1.54, 1.807) is 0 Å². The lowest BCUT2D eigenvalue weighted by atomic mass is 10.1. The highest BCUT2D eigenvalue weighted by Crippen LogP contribution is 2.25. The number of hydrogen-bond acceptors (Lipinski definition) is 3. The first-order valence-corrected chi connectivity index (χ1v) is 11.2. The molecule has 0 aliphatic carbocycles. The first-order valence-electron chi connectivity index (χ1n) is 10.8. The van der Waals surface area contributed by atoms with Gasteiger partial charge in [0.05, 0.1) is 0 Å². The molecule has 0 spiro atoms. The summed E-state index contributed by atoms with van der Waals surface area (Å²) in [6, 6.07) is 15.9. The SMILES string of the molecule is Cc1cc(C#Cc2ccc(-c3ccc(Cl)cc3)cn2)cc(C)c1OCCN1CCCC1. The van der Waals surface area contributed by atoms with E-state index in [1.165, 1.54) is 25.9 Å². The summed E-state index contributed by atoms with van der Waals surface area (Å²) in [5, 5.41) is 0.729. The summed E-state index contributed by atoms with van der Waals surface area (Å²) < 4.78 is 6.10. The van der Waals surface area contributed by atoms with Gasteiger partial charge in [0.1, 0.15) is 18.1 Å². The van der Waals surface area contributed by atoms with Gasteiger partial charge in [-0.2, -0.15) is 0 Å². The van der Waals surface area contributed by atoms with E-state index in [2.05, 4.69) is 47.7 Å². The Kier molecular flexibility index (Phi) is 6.92. The number of nitrogens with zero attached hydrogens (tertiary/aromatic N) is 2. The van der Waals surface area contributed by atoms with Gasteiger partial charge in [0.15, 0.2) is 0 Å². The Labute approximate surface area is 190 Å². The van der Waals surface area contributed by atoms with Crippen LogP contribution in [0.1, 0.15) is 35.2 Å². The van der Waals surface area contributed by atoms with Crippen LogP contribution in [0.4, 0.5) is 0 Å². The maximum atomic E-state index is 6.10. The average Bonchev–Trinajstić information content (AvgIpc) is 3.29. The molecule has 0 amide bonds. The van der Waals surface area contributed by atoms with Gasteiger partial charge in [-0.05, 0) is 92.7 Å². The third kappa shape index (κ3) is 5.67. The molecule has 1 fully saturated rings. The number of halogens is 1. The van der Waals surface area contributed by atoms with Crippen molar-refractivity contribution in [2.75, 3.05) is 26.2 Å². The minimum absolute atomic E-state index is 0.729. The zero-order chi connectivity index (χ0) is 21.6. The molecule has 31 heavy (non-hydrogen) atoms. The summed E-state index contributed by atoms with van der Waals surface area (Å²) in [5.74, 6) is 7.40. The molecule has 0 N–H and O–H groups in total. The predicted molar refractivity (Wildman–Crippen MR) is 128 cm³/mol. The van der Waals surface area contributed by atoms with Crippen LogP contribution in [0.3, 0.4) is 0 Å². The molecule has 4 heteroatoms. The highest BCUT2D eigenvalue weighted by atomic mass is 35.5. The topological polar surface area (TPSA) is 25.4 Å². The number of hydrogen-bond donors (Lipinski definition) is 0. The standard InChI is InChI=1S/C27H27ClN2O/c1-20-17-22(18-21(2)27(20)31-16-15-30-13-3-4-14-30)5-11-26-12-8-24(19-29-26)23-6-9-25(28)10-7-23/h6-10,12,17-19H,3-4,13-16H2,1-2H3. The summed E-state index contributed by atoms with van der Waals surface area (Å²) in [7, 11) is 0. The molecule has 0 saturated carbocycles. The fraction of sp³-hybridized carbons (Fsp3) is 0.296. The van der Waals surface area contributed by atoms with Crippen LogP contribution < -0.4 is 4.74 Å². The molecule has 2 aromatic carbocycles. The Morgan fingerprint density at radius 1 is 0.935 bits per heavy atom. The van der Waals surface area contributed by atoms with Gasteiger partial charge in [0, 0.05) is 28.9 Å². The third-order valence-corrected chi connectivity index (χ3v) is 5.84. The lowest BCUT2D eigenvalue weighted by Gasteiger charge is -2.17. The van der Waals surface area contributed by atoms with Crippen molar-refractivity contribution in [3.63, 3.8) is 0 Å². The quantitative estimate of drug-likeness (QED) is 0.471. The van der Waals surface area contributed by atoms with E-state index >= 15 is 0 Å². The largest absolute Gasteiger partial charge is 0.492 e. The van der Waals surface area contributed by atoms with E-state index in [0.717, 1.165) is 57.4 Å². The summed E-state index contributed by atoms with van der Waals surface area (Å²) in [6.07, 6.45) is 4.47. The van der Waals surface area contributed by atoms with Crippen molar-refractivity contribution in [2.24, 2.45) is 0 Å². The van der Waals surface area contributed by atoms with Crippen LogP contribution in [0.15, 0.2) is 54.7 Å². The van der Waals surface area contributed by atoms with Crippen molar-refractivity contribution in [3.05, 3.63) is 82.1 Å². The van der Waals surface area contributed by atoms with Gasteiger partial charge >= 0.3 is 0 Å². The molecule has 158 valence electrons. The van der Waals surface area contributed by atoms with E-state index in [4.69, 9.17) is 16.3 Å². The molecular weight excluding hydrogens is 404 g/mol. The minimum Gasteiger partial charge on any atom is -0.492 e. The smallest absolute Gasteiger partial charge is 0.125 e. The van der Waals surface area contributed by atoms with E-state index in [-0.39, 0.29) is 0 Å². The number of pyridine rings is 1. The summed E-state index contributed by atoms with van der Waals surface area (Å²) >= 11 is 5.96. The molecule has 3 nitrogen and oxygen atoms in total. The number of aromatic nitrogens is 1. The van der Waals surface area contributed by atoms with Crippen LogP contribution in [0.25, 0.3) is 11.1 Å². The second-order valence-corrected chi connectivity index (χ2v) is 8.46. The first-order chi connectivity index (χ1) is 15.1. The average molecular weight is 431 g/mol. The molecule has 0 radical (unpaired) electrons. The van der Waals surface area contributed by atoms with Crippen molar-refractivity contribution in [1.29, 1.82) is 0 Å². The maximum absolute atomic E-state index is 6.10. The van der Waals surface area contributed by atoms with Crippen molar-refractivity contribution >= 4 is 11.6 Å². The summed E-state index contributed by atoms with van der Waals surface area (Å²) in [6.45, 7) is 8.30. The van der Waals surface area contributed by atoms with Crippen LogP contribution in [0, 0.1) is 25.7 Å². The third-order valence-electron chi connectivity index (χ3n) is 5.59. The minimum atomic E-state index is 0.729. The monoisotopic (exact) mass is 430 g/mol. The molecular formula is C27H27ClN2O. The highest BCUT2D eigenvalue weighted by Gasteiger charge is 2.12. The lowest BCUT2D eigenvalue weighted by molar-refractivity contribution is 0.236. The molecule has 3 aromatic rings. The van der Waals surface area contributed by atoms with Crippen molar-refractivity contribution in [3.8, 4) is 28.7 Å². The Balaban J connectivity index is 1.41. The van der Waals surface area contributed by atoms with Crippen LogP contribution >= 0.6 is 11.6 Å². The molecule has 0 bridgehead atoms. The van der Waals surface area contributed by atoms with Gasteiger partial charge in [-0.25, -0.2) is 4.98 Å². The fourth-order valence-electron chi connectivity index (χ4n) is 3.95. The Hall–Kier alpha value is -2.80. The predicted octanol–water partition coefficient (Wildman–Crippen LogP) is 5.89. The number of ether oxygens (including phenoxy) is 1. The van der Waals surface area contributed by atoms with Gasteiger partial charge in [-0.15, -0.1) is 0 Å². The van der Waals surface area contributed by atoms with Crippen LogP contribution in [0.5, 0.6) is 5.75 Å². The number of aryl methyl sites for hydroxylation is 2. The van der Waals surface area contributed by atoms with Gasteiger partial charge < -0.3 is 4.74 Å². The molecule has 0 atom stereocenters. The van der Waals surface area contributed by atoms with Gasteiger partial charge in [-0.1, -0.05) is 35.7 Å². The van der Waals surface area contributed by atoms with Crippen LogP contribution in [-0.2, 0) is 0 Å². The molecule has 1 saturated heterocycles. The van der Waals surface area contributed by atoms with E-state index in [9.17, 15) is 0 Å². The van der Waals surface area contributed by atoms with Crippen molar-refractivity contribution in [2.45, 2.75) is 26.7 Å². The maximum Gasteiger partial charge on any atom is 0.125 e. The molecule has 4 rings (SSSR count). The fourth-order valence-corrected chi connectivity index (χ4v) is 4.08. The van der Waals surface area contributed by atoms with Gasteiger partial charge in [0.2, 0.25) is 0 Å². The van der Waals surface area contributed by atoms with Gasteiger partial charge in [-0.3, -0.25) is 4.90 Å². The van der Waals surface area contributed by atoms with Crippen molar-refractivity contribution < 1.29 is 4.74 Å². The second kappa shape index (κ2) is 10.0. The molecule has 1 aliphatic heterocycles. The Morgan fingerprint density at radius 2 is 1.61 bits per heavy atom. The van der Waals surface area contributed by atoms with E-state index in [1.807, 2.05) is 42.6 Å². The van der Waals surface area contributed by atoms with E-state index in [0.29, 0.717) is 0 Å². The van der Waals surface area contributed by atoms with E-state index < -0.39 is 0 Å². The van der Waals surface area contributed by atoms with Crippen LogP contribution in [-0.4, -0.2) is 36.1 Å². The molecule has 1 aromatic heterocycles. The zero-order valence-electron chi connectivity index (χ0n) is 18.1. The second-order valence-electron chi connectivity index (χ2n) is 8.03. The highest BCUT2D eigenvalue weighted by molar-refractivity contribution is 6.30. The Morgan fingerprint density at radius 3 is 2.26 bits per heavy atom. The first kappa shape index (κ1) is 21.4.